The third-order valence-electron chi connectivity index (χ3n) is 2.73. The highest BCUT2D eigenvalue weighted by Crippen LogP contribution is 2.26. The Morgan fingerprint density at radius 2 is 1.88 bits per heavy atom. The molecular formula is C12H10NO4-. The van der Waals surface area contributed by atoms with Gasteiger partial charge in [0.25, 0.3) is 0 Å². The van der Waals surface area contributed by atoms with E-state index in [2.05, 4.69) is 0 Å². The van der Waals surface area contributed by atoms with Gasteiger partial charge in [-0.05, 0) is 17.7 Å². The van der Waals surface area contributed by atoms with Crippen molar-refractivity contribution in [1.29, 1.82) is 0 Å². The molecule has 1 aromatic carbocycles. The largest absolute Gasteiger partial charge is 0.545 e. The van der Waals surface area contributed by atoms with Gasteiger partial charge in [-0.25, -0.2) is 0 Å². The van der Waals surface area contributed by atoms with Crippen LogP contribution in [0.15, 0.2) is 24.3 Å². The highest BCUT2D eigenvalue weighted by atomic mass is 16.4. The van der Waals surface area contributed by atoms with E-state index in [4.69, 9.17) is 0 Å². The molecule has 0 unspecified atom stereocenters. The first-order chi connectivity index (χ1) is 8.00. The van der Waals surface area contributed by atoms with Gasteiger partial charge in [-0.15, -0.1) is 0 Å². The minimum absolute atomic E-state index is 0.0147. The zero-order valence-electron chi connectivity index (χ0n) is 9.17. The van der Waals surface area contributed by atoms with Gasteiger partial charge < -0.3 is 9.90 Å². The molecule has 0 N–H and O–H groups in total. The zero-order valence-corrected chi connectivity index (χ0v) is 9.17. The molecule has 0 radical (unpaired) electrons. The molecule has 1 aliphatic rings. The molecule has 0 bridgehead atoms. The number of carbonyl (C=O) groups is 3. The Hall–Kier alpha value is -2.17. The summed E-state index contributed by atoms with van der Waals surface area (Å²) in [5.74, 6) is -2.12. The quantitative estimate of drug-likeness (QED) is 0.670. The molecule has 0 aliphatic carbocycles. The lowest BCUT2D eigenvalue weighted by molar-refractivity contribution is -0.255. The molecule has 1 aliphatic heterocycles. The fourth-order valence-corrected chi connectivity index (χ4v) is 1.80. The first kappa shape index (κ1) is 11.3. The Bertz CT molecular complexity index is 492. The van der Waals surface area contributed by atoms with Gasteiger partial charge in [0.2, 0.25) is 11.8 Å². The first-order valence-electron chi connectivity index (χ1n) is 5.19. The van der Waals surface area contributed by atoms with Crippen LogP contribution in [0.3, 0.4) is 0 Å². The van der Waals surface area contributed by atoms with Crippen molar-refractivity contribution < 1.29 is 19.5 Å². The molecule has 5 heteroatoms. The second kappa shape index (κ2) is 4.01. The summed E-state index contributed by atoms with van der Waals surface area (Å²) in [7, 11) is 0. The number of carbonyl (C=O) groups excluding carboxylic acids is 3. The lowest BCUT2D eigenvalue weighted by atomic mass is 10.1. The third kappa shape index (κ3) is 1.91. The van der Waals surface area contributed by atoms with Crippen LogP contribution < -0.4 is 10.0 Å². The Morgan fingerprint density at radius 1 is 1.29 bits per heavy atom. The number of carboxylic acids is 1. The van der Waals surface area contributed by atoms with Gasteiger partial charge in [0, 0.05) is 12.3 Å². The molecule has 2 rings (SSSR count). The average Bonchev–Trinajstić information content (AvgIpc) is 2.53. The van der Waals surface area contributed by atoms with Crippen molar-refractivity contribution in [3.63, 3.8) is 0 Å². The molecule has 88 valence electrons. The third-order valence-corrected chi connectivity index (χ3v) is 2.73. The molecule has 1 fully saturated rings. The summed E-state index contributed by atoms with van der Waals surface area (Å²) in [6.45, 7) is 1.69. The van der Waals surface area contributed by atoms with Crippen LogP contribution in [0.1, 0.15) is 23.7 Å². The standard InChI is InChI=1S/C12H11NO4/c1-7-6-10(14)13(11(7)15)9-4-2-8(3-5-9)12(16)17/h2-5,7H,6H2,1H3,(H,16,17)/p-1/t7-/m1/s1. The van der Waals surface area contributed by atoms with Gasteiger partial charge in [0.1, 0.15) is 0 Å². The number of anilines is 1. The normalized spacial score (nSPS) is 19.8. The monoisotopic (exact) mass is 232 g/mol. The molecule has 1 aromatic rings. The van der Waals surface area contributed by atoms with Crippen molar-refractivity contribution in [1.82, 2.24) is 0 Å². The maximum Gasteiger partial charge on any atom is 0.237 e. The number of aromatic carboxylic acids is 1. The first-order valence-corrected chi connectivity index (χ1v) is 5.19. The molecule has 1 saturated heterocycles. The number of hydrogen-bond acceptors (Lipinski definition) is 4. The van der Waals surface area contributed by atoms with Crippen molar-refractivity contribution in [2.45, 2.75) is 13.3 Å². The second-order valence-corrected chi connectivity index (χ2v) is 4.01. The summed E-state index contributed by atoms with van der Waals surface area (Å²) in [5, 5.41) is 10.6. The highest BCUT2D eigenvalue weighted by molar-refractivity contribution is 6.20. The van der Waals surface area contributed by atoms with Gasteiger partial charge in [-0.2, -0.15) is 0 Å². The number of rotatable bonds is 2. The molecular weight excluding hydrogens is 222 g/mol. The van der Waals surface area contributed by atoms with Crippen LogP contribution in [0.5, 0.6) is 0 Å². The van der Waals surface area contributed by atoms with E-state index in [1.165, 1.54) is 24.3 Å². The fourth-order valence-electron chi connectivity index (χ4n) is 1.80. The topological polar surface area (TPSA) is 77.5 Å². The number of amides is 2. The SMILES string of the molecule is C[C@@H]1CC(=O)N(c2ccc(C(=O)[O-])cc2)C1=O. The number of nitrogens with zero attached hydrogens (tertiary/aromatic N) is 1. The van der Waals surface area contributed by atoms with E-state index in [9.17, 15) is 19.5 Å². The van der Waals surface area contributed by atoms with Crippen molar-refractivity contribution in [2.75, 3.05) is 4.90 Å². The summed E-state index contributed by atoms with van der Waals surface area (Å²) in [4.78, 5) is 34.9. The van der Waals surface area contributed by atoms with Crippen molar-refractivity contribution in [3.8, 4) is 0 Å². The summed E-state index contributed by atoms with van der Waals surface area (Å²) in [6, 6.07) is 5.49. The predicted octanol–water partition coefficient (Wildman–Crippen LogP) is -0.0505. The van der Waals surface area contributed by atoms with Gasteiger partial charge in [0.05, 0.1) is 11.7 Å². The van der Waals surface area contributed by atoms with Crippen LogP contribution in [-0.4, -0.2) is 17.8 Å². The van der Waals surface area contributed by atoms with Gasteiger partial charge in [0.15, 0.2) is 0 Å². The smallest absolute Gasteiger partial charge is 0.237 e. The van der Waals surface area contributed by atoms with Crippen LogP contribution in [0.2, 0.25) is 0 Å². The molecule has 1 atom stereocenters. The van der Waals surface area contributed by atoms with Gasteiger partial charge >= 0.3 is 0 Å². The molecule has 0 saturated carbocycles. The highest BCUT2D eigenvalue weighted by Gasteiger charge is 2.36. The zero-order chi connectivity index (χ0) is 12.6. The van der Waals surface area contributed by atoms with E-state index in [1.54, 1.807) is 6.92 Å². The fraction of sp³-hybridized carbons (Fsp3) is 0.250. The van der Waals surface area contributed by atoms with Gasteiger partial charge in [-0.3, -0.25) is 14.5 Å². The molecule has 2 amide bonds. The van der Waals surface area contributed by atoms with Crippen LogP contribution in [-0.2, 0) is 9.59 Å². The summed E-state index contributed by atoms with van der Waals surface area (Å²) < 4.78 is 0. The Morgan fingerprint density at radius 3 is 2.29 bits per heavy atom. The summed E-state index contributed by atoms with van der Waals surface area (Å²) in [5.41, 5.74) is 0.412. The van der Waals surface area contributed by atoms with Crippen LogP contribution in [0, 0.1) is 5.92 Å². The minimum atomic E-state index is -1.29. The van der Waals surface area contributed by atoms with E-state index in [-0.39, 0.29) is 29.7 Å². The summed E-state index contributed by atoms with van der Waals surface area (Å²) in [6.07, 6.45) is 0.196. The number of imide groups is 1. The van der Waals surface area contributed by atoms with E-state index in [0.29, 0.717) is 5.69 Å². The van der Waals surface area contributed by atoms with Crippen molar-refractivity contribution in [2.24, 2.45) is 5.92 Å². The minimum Gasteiger partial charge on any atom is -0.545 e. The predicted molar refractivity (Wildman–Crippen MR) is 57.0 cm³/mol. The number of benzene rings is 1. The Labute approximate surface area is 97.7 Å². The van der Waals surface area contributed by atoms with Crippen molar-refractivity contribution >= 4 is 23.5 Å². The molecule has 5 nitrogen and oxygen atoms in total. The van der Waals surface area contributed by atoms with Crippen molar-refractivity contribution in [3.05, 3.63) is 29.8 Å². The number of carboxylic acid groups (broad SMARTS) is 1. The average molecular weight is 232 g/mol. The maximum atomic E-state index is 11.7. The van der Waals surface area contributed by atoms with Gasteiger partial charge in [-0.1, -0.05) is 19.1 Å². The van der Waals surface area contributed by atoms with E-state index >= 15 is 0 Å². The second-order valence-electron chi connectivity index (χ2n) is 4.01. The molecule has 0 spiro atoms. The Balaban J connectivity index is 2.32. The maximum absolute atomic E-state index is 11.7. The number of hydrogen-bond donors (Lipinski definition) is 0. The molecule has 0 aromatic heterocycles. The van der Waals surface area contributed by atoms with E-state index in [1.807, 2.05) is 0 Å². The summed E-state index contributed by atoms with van der Waals surface area (Å²) >= 11 is 0. The molecule has 17 heavy (non-hydrogen) atoms. The van der Waals surface area contributed by atoms with E-state index in [0.717, 1.165) is 4.90 Å². The molecule has 1 heterocycles. The van der Waals surface area contributed by atoms with E-state index < -0.39 is 5.97 Å². The Kier molecular flexibility index (Phi) is 2.67. The van der Waals surface area contributed by atoms with Crippen LogP contribution in [0.4, 0.5) is 5.69 Å². The lowest BCUT2D eigenvalue weighted by Crippen LogP contribution is -2.30. The van der Waals surface area contributed by atoms with Crippen LogP contribution in [0.25, 0.3) is 0 Å². The lowest BCUT2D eigenvalue weighted by Gasteiger charge is -2.14. The van der Waals surface area contributed by atoms with Crippen LogP contribution >= 0.6 is 0 Å².